The Morgan fingerprint density at radius 1 is 1.32 bits per heavy atom. The molecule has 1 saturated heterocycles. The van der Waals surface area contributed by atoms with Gasteiger partial charge in [0, 0.05) is 23.8 Å². The minimum atomic E-state index is -0.590. The number of ether oxygens (including phenoxy) is 1. The lowest BCUT2D eigenvalue weighted by molar-refractivity contribution is -0.123. The molecule has 6 nitrogen and oxygen atoms in total. The summed E-state index contributed by atoms with van der Waals surface area (Å²) in [5.74, 6) is -0.0448. The predicted molar refractivity (Wildman–Crippen MR) is 110 cm³/mol. The summed E-state index contributed by atoms with van der Waals surface area (Å²) < 4.78 is 6.50. The molecule has 2 heterocycles. The van der Waals surface area contributed by atoms with Crippen LogP contribution >= 0.6 is 11.3 Å². The number of fused-ring (bicyclic) bond motifs is 1. The average Bonchev–Trinajstić information content (AvgIpc) is 3.31. The summed E-state index contributed by atoms with van der Waals surface area (Å²) in [4.78, 5) is 26.1. The van der Waals surface area contributed by atoms with Crippen LogP contribution in [0.15, 0.2) is 30.3 Å². The van der Waals surface area contributed by atoms with Gasteiger partial charge in [-0.15, -0.1) is 11.3 Å². The highest BCUT2D eigenvalue weighted by Crippen LogP contribution is 2.25. The van der Waals surface area contributed by atoms with E-state index in [0.717, 1.165) is 16.5 Å². The van der Waals surface area contributed by atoms with Crippen molar-refractivity contribution in [3.8, 4) is 0 Å². The van der Waals surface area contributed by atoms with Gasteiger partial charge in [-0.05, 0) is 36.3 Å². The minimum absolute atomic E-state index is 0.0430. The number of rotatable bonds is 8. The number of hydrogen-bond acceptors (Lipinski definition) is 5. The van der Waals surface area contributed by atoms with Gasteiger partial charge in [0.15, 0.2) is 0 Å². The molecule has 1 aliphatic heterocycles. The quantitative estimate of drug-likeness (QED) is 0.631. The van der Waals surface area contributed by atoms with Gasteiger partial charge in [0.1, 0.15) is 6.04 Å². The predicted octanol–water partition coefficient (Wildman–Crippen LogP) is 2.56. The van der Waals surface area contributed by atoms with Crippen molar-refractivity contribution < 1.29 is 19.4 Å². The maximum Gasteiger partial charge on any atom is 0.262 e. The van der Waals surface area contributed by atoms with Crippen LogP contribution in [-0.4, -0.2) is 48.8 Å². The second-order valence-electron chi connectivity index (χ2n) is 7.69. The molecule has 0 radical (unpaired) electrons. The monoisotopic (exact) mass is 404 g/mol. The van der Waals surface area contributed by atoms with Crippen LogP contribution in [0, 0.1) is 11.8 Å². The Balaban J connectivity index is 1.63. The minimum Gasteiger partial charge on any atom is -0.394 e. The lowest BCUT2D eigenvalue weighted by Crippen LogP contribution is -2.48. The van der Waals surface area contributed by atoms with Crippen LogP contribution in [0.5, 0.6) is 0 Å². The molecule has 1 aliphatic rings. The molecule has 7 heteroatoms. The van der Waals surface area contributed by atoms with Gasteiger partial charge in [-0.1, -0.05) is 32.0 Å². The highest BCUT2D eigenvalue weighted by atomic mass is 32.1. The van der Waals surface area contributed by atoms with Crippen LogP contribution in [0.1, 0.15) is 36.4 Å². The third kappa shape index (κ3) is 5.10. The van der Waals surface area contributed by atoms with Crippen LogP contribution in [-0.2, 0) is 9.53 Å². The summed E-state index contributed by atoms with van der Waals surface area (Å²) >= 11 is 1.43. The zero-order chi connectivity index (χ0) is 20.1. The number of carbonyl (C=O) groups is 2. The first kappa shape index (κ1) is 20.8. The molecule has 0 spiro atoms. The van der Waals surface area contributed by atoms with Crippen molar-refractivity contribution in [2.45, 2.75) is 38.8 Å². The lowest BCUT2D eigenvalue weighted by Gasteiger charge is -2.22. The van der Waals surface area contributed by atoms with E-state index in [-0.39, 0.29) is 36.4 Å². The molecule has 2 aromatic rings. The summed E-state index contributed by atoms with van der Waals surface area (Å²) in [7, 11) is 0. The first-order chi connectivity index (χ1) is 13.5. The van der Waals surface area contributed by atoms with E-state index in [1.165, 1.54) is 11.3 Å². The average molecular weight is 405 g/mol. The van der Waals surface area contributed by atoms with E-state index in [1.807, 2.05) is 44.2 Å². The van der Waals surface area contributed by atoms with Crippen LogP contribution < -0.4 is 10.6 Å². The van der Waals surface area contributed by atoms with E-state index in [0.29, 0.717) is 24.4 Å². The molecular formula is C21H28N2O4S. The van der Waals surface area contributed by atoms with E-state index in [9.17, 15) is 14.7 Å². The second-order valence-corrected chi connectivity index (χ2v) is 8.77. The fourth-order valence-corrected chi connectivity index (χ4v) is 4.47. The molecule has 28 heavy (non-hydrogen) atoms. The number of aliphatic hydroxyl groups is 1. The molecule has 152 valence electrons. The molecule has 0 aliphatic carbocycles. The summed E-state index contributed by atoms with van der Waals surface area (Å²) in [5, 5.41) is 16.2. The van der Waals surface area contributed by atoms with E-state index >= 15 is 0 Å². The second kappa shape index (κ2) is 9.49. The zero-order valence-corrected chi connectivity index (χ0v) is 17.1. The van der Waals surface area contributed by atoms with Crippen LogP contribution in [0.4, 0.5) is 0 Å². The SMILES string of the molecule is CC(C)C[C@H](NC(=O)c1cc2ccccc2s1)C(=O)NC[C@H]1CCO[C@@H]1CO. The van der Waals surface area contributed by atoms with Crippen LogP contribution in [0.2, 0.25) is 0 Å². The third-order valence-electron chi connectivity index (χ3n) is 5.04. The maximum atomic E-state index is 12.7. The Morgan fingerprint density at radius 3 is 2.82 bits per heavy atom. The van der Waals surface area contributed by atoms with Gasteiger partial charge in [-0.2, -0.15) is 0 Å². The Labute approximate surface area is 169 Å². The summed E-state index contributed by atoms with van der Waals surface area (Å²) in [6.45, 7) is 5.05. The molecule has 1 aromatic heterocycles. The van der Waals surface area contributed by atoms with Crippen LogP contribution in [0.25, 0.3) is 10.1 Å². The first-order valence-corrected chi connectivity index (χ1v) is 10.6. The largest absolute Gasteiger partial charge is 0.394 e. The van der Waals surface area contributed by atoms with Crippen molar-refractivity contribution >= 4 is 33.2 Å². The molecule has 0 unspecified atom stereocenters. The summed E-state index contributed by atoms with van der Waals surface area (Å²) in [6, 6.07) is 9.12. The molecule has 0 saturated carbocycles. The summed E-state index contributed by atoms with van der Waals surface area (Å²) in [5.41, 5.74) is 0. The number of nitrogens with one attached hydrogen (secondary N) is 2. The topological polar surface area (TPSA) is 87.7 Å². The number of hydrogen-bond donors (Lipinski definition) is 3. The Bertz CT molecular complexity index is 787. The molecular weight excluding hydrogens is 376 g/mol. The fourth-order valence-electron chi connectivity index (χ4n) is 3.51. The van der Waals surface area contributed by atoms with Gasteiger partial charge in [0.05, 0.1) is 17.6 Å². The Hall–Kier alpha value is -1.96. The highest BCUT2D eigenvalue weighted by molar-refractivity contribution is 7.20. The summed E-state index contributed by atoms with van der Waals surface area (Å²) in [6.07, 6.45) is 1.15. The van der Waals surface area contributed by atoms with E-state index in [4.69, 9.17) is 4.74 Å². The number of aliphatic hydroxyl groups excluding tert-OH is 1. The molecule has 0 bridgehead atoms. The zero-order valence-electron chi connectivity index (χ0n) is 16.3. The molecule has 1 fully saturated rings. The molecule has 2 amide bonds. The van der Waals surface area contributed by atoms with Gasteiger partial charge in [0.25, 0.3) is 5.91 Å². The molecule has 3 N–H and O–H groups in total. The Morgan fingerprint density at radius 2 is 2.11 bits per heavy atom. The lowest BCUT2D eigenvalue weighted by atomic mass is 10.0. The van der Waals surface area contributed by atoms with Gasteiger partial charge >= 0.3 is 0 Å². The molecule has 3 rings (SSSR count). The van der Waals surface area contributed by atoms with Gasteiger partial charge in [0.2, 0.25) is 5.91 Å². The smallest absolute Gasteiger partial charge is 0.262 e. The third-order valence-corrected chi connectivity index (χ3v) is 6.16. The maximum absolute atomic E-state index is 12.7. The highest BCUT2D eigenvalue weighted by Gasteiger charge is 2.29. The van der Waals surface area contributed by atoms with Gasteiger partial charge < -0.3 is 20.5 Å². The van der Waals surface area contributed by atoms with Crippen molar-refractivity contribution in [2.24, 2.45) is 11.8 Å². The number of benzene rings is 1. The van der Waals surface area contributed by atoms with Crippen LogP contribution in [0.3, 0.4) is 0 Å². The Kier molecular flexibility index (Phi) is 7.04. The molecule has 1 aromatic carbocycles. The van der Waals surface area contributed by atoms with E-state index in [1.54, 1.807) is 0 Å². The fraction of sp³-hybridized carbons (Fsp3) is 0.524. The van der Waals surface area contributed by atoms with Gasteiger partial charge in [-0.3, -0.25) is 9.59 Å². The van der Waals surface area contributed by atoms with Crippen molar-refractivity contribution in [3.05, 3.63) is 35.2 Å². The van der Waals surface area contributed by atoms with Crippen molar-refractivity contribution in [3.63, 3.8) is 0 Å². The van der Waals surface area contributed by atoms with Crippen molar-refractivity contribution in [1.82, 2.24) is 10.6 Å². The van der Waals surface area contributed by atoms with Crippen molar-refractivity contribution in [2.75, 3.05) is 19.8 Å². The number of amides is 2. The van der Waals surface area contributed by atoms with Gasteiger partial charge in [-0.25, -0.2) is 0 Å². The van der Waals surface area contributed by atoms with E-state index in [2.05, 4.69) is 10.6 Å². The van der Waals surface area contributed by atoms with Crippen molar-refractivity contribution in [1.29, 1.82) is 0 Å². The van der Waals surface area contributed by atoms with E-state index < -0.39 is 6.04 Å². The number of thiophene rings is 1. The molecule has 3 atom stereocenters. The first-order valence-electron chi connectivity index (χ1n) is 9.77. The number of carbonyl (C=O) groups excluding carboxylic acids is 2. The standard InChI is InChI=1S/C21H28N2O4S/c1-13(2)9-16(20(25)22-11-15-7-8-27-17(15)12-24)23-21(26)19-10-14-5-3-4-6-18(14)28-19/h3-6,10,13,15-17,24H,7-9,11-12H2,1-2H3,(H,22,25)(H,23,26)/t15-,16+,17-/m1/s1. The normalized spacial score (nSPS) is 20.4.